The molecule has 0 radical (unpaired) electrons. The first-order chi connectivity index (χ1) is 8.72. The Bertz CT molecular complexity index is 443. The molecule has 1 rings (SSSR count). The number of ether oxygens (including phenoxy) is 2. The molecule has 1 aromatic carbocycles. The van der Waals surface area contributed by atoms with Crippen LogP contribution in [0, 0.1) is 5.41 Å². The molecule has 0 saturated carbocycles. The molecular weight excluding hydrogens is 310 g/mol. The lowest BCUT2D eigenvalue weighted by molar-refractivity contribution is 0.0398. The minimum Gasteiger partial charge on any atom is -0.493 e. The molecule has 0 aromatic heterocycles. The number of aliphatic hydroxyl groups excluding tert-OH is 1. The minimum absolute atomic E-state index is 0.300. The molecule has 0 aliphatic rings. The first-order valence-electron chi connectivity index (χ1n) is 6.07. The van der Waals surface area contributed by atoms with Crippen LogP contribution in [0.25, 0.3) is 0 Å². The maximum Gasteiger partial charge on any atom is 0.161 e. The van der Waals surface area contributed by atoms with E-state index < -0.39 is 12.1 Å². The third-order valence-electron chi connectivity index (χ3n) is 3.09. The van der Waals surface area contributed by atoms with Crippen molar-refractivity contribution in [2.24, 2.45) is 11.1 Å². The van der Waals surface area contributed by atoms with Crippen LogP contribution in [-0.4, -0.2) is 25.4 Å². The Kier molecular flexibility index (Phi) is 5.24. The minimum atomic E-state index is -0.665. The number of benzene rings is 1. The van der Waals surface area contributed by atoms with Gasteiger partial charge in [-0.1, -0.05) is 36.7 Å². The summed E-state index contributed by atoms with van der Waals surface area (Å²) in [6.45, 7) is 5.85. The van der Waals surface area contributed by atoms with Gasteiger partial charge in [0.2, 0.25) is 0 Å². The van der Waals surface area contributed by atoms with Crippen molar-refractivity contribution in [3.8, 4) is 11.5 Å². The lowest BCUT2D eigenvalue weighted by Gasteiger charge is -2.31. The van der Waals surface area contributed by atoms with Crippen molar-refractivity contribution in [2.75, 3.05) is 14.2 Å². The van der Waals surface area contributed by atoms with Gasteiger partial charge in [0.15, 0.2) is 11.5 Å². The molecule has 0 aliphatic carbocycles. The smallest absolute Gasteiger partial charge is 0.161 e. The average molecular weight is 332 g/mol. The van der Waals surface area contributed by atoms with Gasteiger partial charge in [0.1, 0.15) is 0 Å². The summed E-state index contributed by atoms with van der Waals surface area (Å²) in [6.07, 6.45) is -0.665. The predicted molar refractivity (Wildman–Crippen MR) is 79.6 cm³/mol. The molecule has 0 spiro atoms. The van der Waals surface area contributed by atoms with Crippen molar-refractivity contribution in [1.82, 2.24) is 0 Å². The summed E-state index contributed by atoms with van der Waals surface area (Å²) in [7, 11) is 3.15. The van der Waals surface area contributed by atoms with Crippen LogP contribution in [0.3, 0.4) is 0 Å². The molecule has 5 heteroatoms. The number of nitrogens with two attached hydrogens (primary N) is 1. The van der Waals surface area contributed by atoms with Crippen LogP contribution in [-0.2, 0) is 0 Å². The van der Waals surface area contributed by atoms with E-state index in [9.17, 15) is 5.11 Å². The van der Waals surface area contributed by atoms with Crippen LogP contribution in [0.15, 0.2) is 16.6 Å². The van der Waals surface area contributed by atoms with Gasteiger partial charge in [-0.3, -0.25) is 0 Å². The Hall–Kier alpha value is -0.780. The number of rotatable bonds is 4. The second-order valence-electron chi connectivity index (χ2n) is 5.57. The van der Waals surface area contributed by atoms with Gasteiger partial charge < -0.3 is 20.3 Å². The van der Waals surface area contributed by atoms with E-state index in [4.69, 9.17) is 15.2 Å². The molecule has 19 heavy (non-hydrogen) atoms. The summed E-state index contributed by atoms with van der Waals surface area (Å²) in [6, 6.07) is 3.08. The molecule has 0 heterocycles. The van der Waals surface area contributed by atoms with E-state index in [1.54, 1.807) is 26.4 Å². The number of hydrogen-bond acceptors (Lipinski definition) is 4. The van der Waals surface area contributed by atoms with Crippen molar-refractivity contribution >= 4 is 15.9 Å². The average Bonchev–Trinajstić information content (AvgIpc) is 2.35. The molecule has 0 amide bonds. The number of aliphatic hydroxyl groups is 1. The highest BCUT2D eigenvalue weighted by molar-refractivity contribution is 9.10. The van der Waals surface area contributed by atoms with Gasteiger partial charge in [-0.25, -0.2) is 0 Å². The third kappa shape index (κ3) is 3.61. The second kappa shape index (κ2) is 6.11. The highest BCUT2D eigenvalue weighted by Gasteiger charge is 2.30. The van der Waals surface area contributed by atoms with Gasteiger partial charge >= 0.3 is 0 Å². The highest BCUT2D eigenvalue weighted by Crippen LogP contribution is 2.38. The Morgan fingerprint density at radius 3 is 2.05 bits per heavy atom. The van der Waals surface area contributed by atoms with Crippen molar-refractivity contribution in [3.63, 3.8) is 0 Å². The SMILES string of the molecule is COc1cc(Br)c([C@H](N)[C@H](O)C(C)(C)C)cc1OC. The molecule has 0 unspecified atom stereocenters. The van der Waals surface area contributed by atoms with Crippen molar-refractivity contribution < 1.29 is 14.6 Å². The fourth-order valence-electron chi connectivity index (χ4n) is 1.83. The fraction of sp³-hybridized carbons (Fsp3) is 0.571. The summed E-state index contributed by atoms with van der Waals surface area (Å²) in [4.78, 5) is 0. The van der Waals surface area contributed by atoms with E-state index in [0.29, 0.717) is 11.5 Å². The Balaban J connectivity index is 3.20. The van der Waals surface area contributed by atoms with E-state index in [0.717, 1.165) is 10.0 Å². The molecule has 108 valence electrons. The van der Waals surface area contributed by atoms with E-state index >= 15 is 0 Å². The normalized spacial score (nSPS) is 14.9. The summed E-state index contributed by atoms with van der Waals surface area (Å²) in [5, 5.41) is 10.3. The van der Waals surface area contributed by atoms with Crippen LogP contribution >= 0.6 is 15.9 Å². The lowest BCUT2D eigenvalue weighted by Crippen LogP contribution is -2.37. The van der Waals surface area contributed by atoms with E-state index in [2.05, 4.69) is 15.9 Å². The monoisotopic (exact) mass is 331 g/mol. The van der Waals surface area contributed by atoms with Crippen LogP contribution in [0.4, 0.5) is 0 Å². The van der Waals surface area contributed by atoms with E-state index in [1.165, 1.54) is 0 Å². The third-order valence-corrected chi connectivity index (χ3v) is 3.78. The molecule has 3 N–H and O–H groups in total. The van der Waals surface area contributed by atoms with Crippen molar-refractivity contribution in [2.45, 2.75) is 32.9 Å². The fourth-order valence-corrected chi connectivity index (χ4v) is 2.42. The van der Waals surface area contributed by atoms with E-state index in [-0.39, 0.29) is 5.41 Å². The number of methoxy groups -OCH3 is 2. The summed E-state index contributed by atoms with van der Waals surface area (Å²) >= 11 is 3.46. The molecule has 2 atom stereocenters. The van der Waals surface area contributed by atoms with Gasteiger partial charge in [0.25, 0.3) is 0 Å². The van der Waals surface area contributed by atoms with Crippen molar-refractivity contribution in [1.29, 1.82) is 0 Å². The largest absolute Gasteiger partial charge is 0.493 e. The first kappa shape index (κ1) is 16.3. The zero-order valence-electron chi connectivity index (χ0n) is 12.0. The molecular formula is C14H22BrNO3. The topological polar surface area (TPSA) is 64.7 Å². The van der Waals surface area contributed by atoms with Gasteiger partial charge in [0, 0.05) is 4.47 Å². The molecule has 0 saturated heterocycles. The van der Waals surface area contributed by atoms with Crippen LogP contribution in [0.2, 0.25) is 0 Å². The summed E-state index contributed by atoms with van der Waals surface area (Å²) in [5.41, 5.74) is 6.66. The van der Waals surface area contributed by atoms with Gasteiger partial charge in [0.05, 0.1) is 26.4 Å². The van der Waals surface area contributed by atoms with Gasteiger partial charge in [-0.2, -0.15) is 0 Å². The maximum atomic E-state index is 10.3. The lowest BCUT2D eigenvalue weighted by atomic mass is 9.82. The predicted octanol–water partition coefficient (Wildman–Crippen LogP) is 2.87. The zero-order chi connectivity index (χ0) is 14.8. The number of hydrogen-bond donors (Lipinski definition) is 2. The first-order valence-corrected chi connectivity index (χ1v) is 6.86. The zero-order valence-corrected chi connectivity index (χ0v) is 13.6. The molecule has 0 bridgehead atoms. The summed E-state index contributed by atoms with van der Waals surface area (Å²) < 4.78 is 11.3. The van der Waals surface area contributed by atoms with Gasteiger partial charge in [-0.05, 0) is 23.1 Å². The van der Waals surface area contributed by atoms with E-state index in [1.807, 2.05) is 20.8 Å². The van der Waals surface area contributed by atoms with Crippen molar-refractivity contribution in [3.05, 3.63) is 22.2 Å². The molecule has 4 nitrogen and oxygen atoms in total. The quantitative estimate of drug-likeness (QED) is 0.890. The van der Waals surface area contributed by atoms with Crippen LogP contribution in [0.5, 0.6) is 11.5 Å². The number of halogens is 1. The standard InChI is InChI=1S/C14H22BrNO3/c1-14(2,3)13(17)12(16)8-6-10(18-4)11(19-5)7-9(8)15/h6-7,12-13,17H,16H2,1-5H3/t12-,13-/m0/s1. The highest BCUT2D eigenvalue weighted by atomic mass is 79.9. The Labute approximate surface area is 123 Å². The second-order valence-corrected chi connectivity index (χ2v) is 6.42. The summed E-state index contributed by atoms with van der Waals surface area (Å²) in [5.74, 6) is 1.22. The molecule has 0 aliphatic heterocycles. The van der Waals surface area contributed by atoms with Crippen LogP contribution < -0.4 is 15.2 Å². The van der Waals surface area contributed by atoms with Crippen LogP contribution in [0.1, 0.15) is 32.4 Å². The van der Waals surface area contributed by atoms with Gasteiger partial charge in [-0.15, -0.1) is 0 Å². The Morgan fingerprint density at radius 2 is 1.63 bits per heavy atom. The molecule has 1 aromatic rings. The maximum absolute atomic E-state index is 10.3. The Morgan fingerprint density at radius 1 is 1.16 bits per heavy atom. The molecule has 0 fully saturated rings.